The first-order valence-electron chi connectivity index (χ1n) is 5.15. The molecular formula is C11H12BrNO5. The van der Waals surface area contributed by atoms with Gasteiger partial charge in [0.15, 0.2) is 16.2 Å². The zero-order valence-corrected chi connectivity index (χ0v) is 11.3. The normalized spacial score (nSPS) is 9.89. The highest BCUT2D eigenvalue weighted by atomic mass is 79.9. The van der Waals surface area contributed by atoms with E-state index in [4.69, 9.17) is 4.42 Å². The number of carbonyl (C=O) groups excluding carboxylic acids is 3. The Kier molecular flexibility index (Phi) is 5.57. The van der Waals surface area contributed by atoms with Gasteiger partial charge in [0.1, 0.15) is 0 Å². The predicted octanol–water partition coefficient (Wildman–Crippen LogP) is 1.29. The zero-order valence-electron chi connectivity index (χ0n) is 9.70. The van der Waals surface area contributed by atoms with Crippen molar-refractivity contribution in [1.29, 1.82) is 0 Å². The third-order valence-electron chi connectivity index (χ3n) is 2.08. The summed E-state index contributed by atoms with van der Waals surface area (Å²) in [5.74, 6) is -1.07. The van der Waals surface area contributed by atoms with Crippen molar-refractivity contribution in [3.63, 3.8) is 0 Å². The SMILES string of the molecule is COC(=O)CCC(=O)CNC(=O)c1ccc(Br)o1. The summed E-state index contributed by atoms with van der Waals surface area (Å²) < 4.78 is 9.85. The smallest absolute Gasteiger partial charge is 0.305 e. The largest absolute Gasteiger partial charge is 0.469 e. The molecule has 0 fully saturated rings. The number of hydrogen-bond acceptors (Lipinski definition) is 5. The van der Waals surface area contributed by atoms with Crippen LogP contribution < -0.4 is 5.32 Å². The molecule has 1 heterocycles. The van der Waals surface area contributed by atoms with E-state index in [0.29, 0.717) is 4.67 Å². The molecule has 1 aromatic rings. The summed E-state index contributed by atoms with van der Waals surface area (Å²) in [5.41, 5.74) is 0. The van der Waals surface area contributed by atoms with Crippen molar-refractivity contribution in [2.75, 3.05) is 13.7 Å². The number of rotatable bonds is 6. The molecule has 0 aliphatic heterocycles. The summed E-state index contributed by atoms with van der Waals surface area (Å²) in [6, 6.07) is 3.06. The topological polar surface area (TPSA) is 85.6 Å². The second kappa shape index (κ2) is 6.95. The minimum atomic E-state index is -0.480. The molecule has 98 valence electrons. The van der Waals surface area contributed by atoms with Crippen LogP contribution in [0.3, 0.4) is 0 Å². The third-order valence-corrected chi connectivity index (χ3v) is 2.50. The van der Waals surface area contributed by atoms with Crippen molar-refractivity contribution in [2.24, 2.45) is 0 Å². The van der Waals surface area contributed by atoms with Crippen LogP contribution in [0.5, 0.6) is 0 Å². The Morgan fingerprint density at radius 3 is 2.61 bits per heavy atom. The molecule has 1 N–H and O–H groups in total. The van der Waals surface area contributed by atoms with E-state index < -0.39 is 11.9 Å². The van der Waals surface area contributed by atoms with E-state index in [1.165, 1.54) is 13.2 Å². The fraction of sp³-hybridized carbons (Fsp3) is 0.364. The first kappa shape index (κ1) is 14.4. The highest BCUT2D eigenvalue weighted by molar-refractivity contribution is 9.10. The van der Waals surface area contributed by atoms with E-state index in [1.54, 1.807) is 6.07 Å². The fourth-order valence-corrected chi connectivity index (χ4v) is 1.44. The standard InChI is InChI=1S/C11H12BrNO5/c1-17-10(15)5-2-7(14)6-13-11(16)8-3-4-9(12)18-8/h3-4H,2,5-6H2,1H3,(H,13,16). The van der Waals surface area contributed by atoms with Crippen molar-refractivity contribution in [3.05, 3.63) is 22.6 Å². The first-order valence-corrected chi connectivity index (χ1v) is 5.94. The van der Waals surface area contributed by atoms with Crippen molar-refractivity contribution >= 4 is 33.6 Å². The van der Waals surface area contributed by atoms with E-state index in [1.807, 2.05) is 0 Å². The molecule has 0 bridgehead atoms. The maximum atomic E-state index is 11.5. The molecule has 1 amide bonds. The molecule has 0 saturated heterocycles. The van der Waals surface area contributed by atoms with Crippen LogP contribution in [0.4, 0.5) is 0 Å². The van der Waals surface area contributed by atoms with Gasteiger partial charge in [-0.1, -0.05) is 0 Å². The van der Waals surface area contributed by atoms with Crippen molar-refractivity contribution in [2.45, 2.75) is 12.8 Å². The van der Waals surface area contributed by atoms with Crippen LogP contribution in [0.15, 0.2) is 21.2 Å². The van der Waals surface area contributed by atoms with E-state index in [9.17, 15) is 14.4 Å². The van der Waals surface area contributed by atoms with E-state index in [0.717, 1.165) is 0 Å². The zero-order chi connectivity index (χ0) is 13.5. The van der Waals surface area contributed by atoms with Gasteiger partial charge in [-0.15, -0.1) is 0 Å². The third kappa shape index (κ3) is 4.70. The van der Waals surface area contributed by atoms with Crippen LogP contribution in [-0.2, 0) is 14.3 Å². The van der Waals surface area contributed by atoms with E-state index >= 15 is 0 Å². The molecule has 18 heavy (non-hydrogen) atoms. The van der Waals surface area contributed by atoms with Crippen LogP contribution in [0.2, 0.25) is 0 Å². The Labute approximate surface area is 112 Å². The van der Waals surface area contributed by atoms with Gasteiger partial charge in [0, 0.05) is 6.42 Å². The maximum Gasteiger partial charge on any atom is 0.305 e. The van der Waals surface area contributed by atoms with Gasteiger partial charge in [-0.25, -0.2) is 0 Å². The summed E-state index contributed by atoms with van der Waals surface area (Å²) in [4.78, 5) is 33.6. The number of ketones is 1. The molecule has 0 aromatic carbocycles. The van der Waals surface area contributed by atoms with Gasteiger partial charge >= 0.3 is 5.97 Å². The fourth-order valence-electron chi connectivity index (χ4n) is 1.13. The van der Waals surface area contributed by atoms with Gasteiger partial charge in [0.25, 0.3) is 5.91 Å². The number of hydrogen-bond donors (Lipinski definition) is 1. The van der Waals surface area contributed by atoms with Gasteiger partial charge in [-0.2, -0.15) is 0 Å². The Morgan fingerprint density at radius 1 is 1.33 bits per heavy atom. The van der Waals surface area contributed by atoms with Gasteiger partial charge in [-0.3, -0.25) is 14.4 Å². The van der Waals surface area contributed by atoms with E-state index in [2.05, 4.69) is 26.0 Å². The highest BCUT2D eigenvalue weighted by Crippen LogP contribution is 2.13. The molecule has 0 radical (unpaired) electrons. The molecule has 0 aliphatic rings. The summed E-state index contributed by atoms with van der Waals surface area (Å²) in [7, 11) is 1.25. The monoisotopic (exact) mass is 317 g/mol. The lowest BCUT2D eigenvalue weighted by atomic mass is 10.2. The van der Waals surface area contributed by atoms with Gasteiger partial charge in [0.05, 0.1) is 20.1 Å². The number of nitrogens with one attached hydrogen (secondary N) is 1. The Bertz CT molecular complexity index is 454. The number of methoxy groups -OCH3 is 1. The quantitative estimate of drug-likeness (QED) is 0.799. The molecule has 1 aromatic heterocycles. The molecule has 0 saturated carbocycles. The number of halogens is 1. The lowest BCUT2D eigenvalue weighted by Crippen LogP contribution is -2.29. The minimum absolute atomic E-state index is 0.0114. The first-order chi connectivity index (χ1) is 8.52. The lowest BCUT2D eigenvalue weighted by Gasteiger charge is -2.02. The molecular weight excluding hydrogens is 306 g/mol. The number of furan rings is 1. The van der Waals surface area contributed by atoms with Crippen LogP contribution in [-0.4, -0.2) is 31.3 Å². The lowest BCUT2D eigenvalue weighted by molar-refractivity contribution is -0.141. The predicted molar refractivity (Wildman–Crippen MR) is 65.0 cm³/mol. The van der Waals surface area contributed by atoms with Crippen molar-refractivity contribution < 1.29 is 23.5 Å². The number of esters is 1. The summed E-state index contributed by atoms with van der Waals surface area (Å²) in [6.45, 7) is -0.145. The molecule has 0 aliphatic carbocycles. The second-order valence-electron chi connectivity index (χ2n) is 3.40. The molecule has 1 rings (SSSR count). The maximum absolute atomic E-state index is 11.5. The minimum Gasteiger partial charge on any atom is -0.469 e. The summed E-state index contributed by atoms with van der Waals surface area (Å²) in [6.07, 6.45) is 0.0479. The summed E-state index contributed by atoms with van der Waals surface area (Å²) >= 11 is 3.06. The summed E-state index contributed by atoms with van der Waals surface area (Å²) in [5, 5.41) is 2.40. The average molecular weight is 318 g/mol. The Hall–Kier alpha value is -1.63. The number of carbonyl (C=O) groups is 3. The number of Topliss-reactive ketones (excluding diaryl/α,β-unsaturated/α-hetero) is 1. The number of amides is 1. The van der Waals surface area contributed by atoms with Crippen LogP contribution >= 0.6 is 15.9 Å². The van der Waals surface area contributed by atoms with Crippen molar-refractivity contribution in [1.82, 2.24) is 5.32 Å². The van der Waals surface area contributed by atoms with Crippen molar-refractivity contribution in [3.8, 4) is 0 Å². The van der Waals surface area contributed by atoms with E-state index in [-0.39, 0.29) is 30.9 Å². The second-order valence-corrected chi connectivity index (χ2v) is 4.18. The average Bonchev–Trinajstić information content (AvgIpc) is 2.79. The molecule has 0 unspecified atom stereocenters. The highest BCUT2D eigenvalue weighted by Gasteiger charge is 2.12. The molecule has 0 atom stereocenters. The van der Waals surface area contributed by atoms with Gasteiger partial charge in [0.2, 0.25) is 0 Å². The number of ether oxygens (including phenoxy) is 1. The molecule has 7 heteroatoms. The van der Waals surface area contributed by atoms with Crippen LogP contribution in [0.1, 0.15) is 23.4 Å². The Balaban J connectivity index is 2.30. The van der Waals surface area contributed by atoms with Crippen LogP contribution in [0, 0.1) is 0 Å². The van der Waals surface area contributed by atoms with Gasteiger partial charge in [-0.05, 0) is 28.1 Å². The Morgan fingerprint density at radius 2 is 2.06 bits per heavy atom. The van der Waals surface area contributed by atoms with Crippen LogP contribution in [0.25, 0.3) is 0 Å². The molecule has 6 nitrogen and oxygen atoms in total. The van der Waals surface area contributed by atoms with Gasteiger partial charge < -0.3 is 14.5 Å². The molecule has 0 spiro atoms.